The zero-order valence-electron chi connectivity index (χ0n) is 16.4. The number of nitrogens with one attached hydrogen (secondary N) is 1. The molecule has 9 heteroatoms. The van der Waals surface area contributed by atoms with Gasteiger partial charge in [0, 0.05) is 16.1 Å². The summed E-state index contributed by atoms with van der Waals surface area (Å²) in [5, 5.41) is 14.9. The topological polar surface area (TPSA) is 86.7 Å². The van der Waals surface area contributed by atoms with Crippen molar-refractivity contribution >= 4 is 45.2 Å². The molecule has 1 amide bonds. The normalized spacial score (nSPS) is 10.8. The van der Waals surface area contributed by atoms with Crippen LogP contribution >= 0.6 is 11.3 Å². The maximum atomic E-state index is 13.2. The van der Waals surface area contributed by atoms with E-state index in [1.807, 2.05) is 29.6 Å². The average Bonchev–Trinajstić information content (AvgIpc) is 3.32. The molecule has 0 saturated heterocycles. The van der Waals surface area contributed by atoms with Gasteiger partial charge in [-0.25, -0.2) is 17.1 Å². The number of phenolic OH excluding ortho intramolecular Hbond substituents is 1. The Morgan fingerprint density at radius 2 is 1.69 bits per heavy atom. The van der Waals surface area contributed by atoms with Crippen LogP contribution in [-0.2, 0) is 10.9 Å². The van der Waals surface area contributed by atoms with E-state index in [1.165, 1.54) is 30.3 Å². The fraction of sp³-hybridized carbons (Fsp3) is 0. The van der Waals surface area contributed by atoms with Crippen molar-refractivity contribution in [1.82, 2.24) is 0 Å². The van der Waals surface area contributed by atoms with Crippen LogP contribution < -0.4 is 9.62 Å². The van der Waals surface area contributed by atoms with Gasteiger partial charge in [-0.1, -0.05) is 18.2 Å². The molecule has 0 aliphatic rings. The summed E-state index contributed by atoms with van der Waals surface area (Å²) in [5.41, 5.74) is 1.78. The highest BCUT2D eigenvalue weighted by molar-refractivity contribution is 7.74. The molecule has 0 aliphatic heterocycles. The van der Waals surface area contributed by atoms with Crippen LogP contribution in [0.4, 0.5) is 21.5 Å². The fourth-order valence-corrected chi connectivity index (χ4v) is 4.50. The Morgan fingerprint density at radius 3 is 2.31 bits per heavy atom. The number of anilines is 3. The van der Waals surface area contributed by atoms with Crippen LogP contribution in [0.15, 0.2) is 84.2 Å². The second kappa shape index (κ2) is 9.21. The van der Waals surface area contributed by atoms with Crippen molar-refractivity contribution in [3.8, 4) is 16.2 Å². The summed E-state index contributed by atoms with van der Waals surface area (Å²) in [5.74, 6) is -1.23. The van der Waals surface area contributed by atoms with E-state index in [9.17, 15) is 22.7 Å². The second-order valence-corrected chi connectivity index (χ2v) is 8.56. The molecule has 4 aromatic rings. The number of thiophene rings is 1. The monoisotopic (exact) mass is 468 g/mol. The first-order chi connectivity index (χ1) is 15.4. The van der Waals surface area contributed by atoms with Gasteiger partial charge in [0.1, 0.15) is 17.3 Å². The van der Waals surface area contributed by atoms with Crippen molar-refractivity contribution in [2.75, 3.05) is 9.62 Å². The lowest BCUT2D eigenvalue weighted by molar-refractivity contribution is 0.102. The molecule has 6 nitrogen and oxygen atoms in total. The number of rotatable bonds is 6. The number of thiol groups is 1. The van der Waals surface area contributed by atoms with E-state index in [1.54, 1.807) is 23.5 Å². The standard InChI is InChI=1S/C23H17FN2O4S2/c24-17-7-10-19(11-8-17)26(32(29)30)20-14-18(9-12-21(20)27)25-23(28)16-5-3-15(4-6-16)22-2-1-13-31-22/h1-14,27,32H,(H,25,28). The van der Waals surface area contributed by atoms with E-state index >= 15 is 0 Å². The first-order valence-electron chi connectivity index (χ1n) is 9.41. The third kappa shape index (κ3) is 4.63. The van der Waals surface area contributed by atoms with Crippen molar-refractivity contribution in [2.45, 2.75) is 0 Å². The molecule has 1 aromatic heterocycles. The largest absolute Gasteiger partial charge is 0.506 e. The van der Waals surface area contributed by atoms with Gasteiger partial charge in [0.25, 0.3) is 5.91 Å². The Kier molecular flexibility index (Phi) is 6.20. The summed E-state index contributed by atoms with van der Waals surface area (Å²) < 4.78 is 37.9. The molecule has 0 atom stereocenters. The van der Waals surface area contributed by atoms with Crippen molar-refractivity contribution in [2.24, 2.45) is 0 Å². The van der Waals surface area contributed by atoms with Crippen LogP contribution in [-0.4, -0.2) is 19.4 Å². The van der Waals surface area contributed by atoms with Crippen LogP contribution in [0.1, 0.15) is 10.4 Å². The minimum atomic E-state index is -3.20. The number of amides is 1. The van der Waals surface area contributed by atoms with Crippen molar-refractivity contribution in [1.29, 1.82) is 0 Å². The number of hydrogen-bond acceptors (Lipinski definition) is 5. The van der Waals surface area contributed by atoms with E-state index in [0.29, 0.717) is 5.56 Å². The van der Waals surface area contributed by atoms with Gasteiger partial charge in [-0.2, -0.15) is 0 Å². The van der Waals surface area contributed by atoms with Gasteiger partial charge < -0.3 is 10.4 Å². The van der Waals surface area contributed by atoms with Crippen molar-refractivity contribution in [3.05, 3.63) is 95.6 Å². The molecule has 0 unspecified atom stereocenters. The van der Waals surface area contributed by atoms with Gasteiger partial charge in [0.15, 0.2) is 0 Å². The highest BCUT2D eigenvalue weighted by Crippen LogP contribution is 2.35. The number of nitrogens with zero attached hydrogens (tertiary/aromatic N) is 1. The molecule has 162 valence electrons. The third-order valence-electron chi connectivity index (χ3n) is 4.65. The number of benzene rings is 3. The highest BCUT2D eigenvalue weighted by atomic mass is 32.2. The molecule has 0 radical (unpaired) electrons. The first-order valence-corrected chi connectivity index (χ1v) is 11.4. The van der Waals surface area contributed by atoms with E-state index < -0.39 is 16.7 Å². The minimum Gasteiger partial charge on any atom is -0.506 e. The van der Waals surface area contributed by atoms with Crippen LogP contribution in [0.3, 0.4) is 0 Å². The highest BCUT2D eigenvalue weighted by Gasteiger charge is 2.18. The maximum Gasteiger partial charge on any atom is 0.255 e. The number of hydrogen-bond donors (Lipinski definition) is 3. The summed E-state index contributed by atoms with van der Waals surface area (Å²) in [6.07, 6.45) is 0. The number of carbonyl (C=O) groups excluding carboxylic acids is 1. The molecule has 0 bridgehead atoms. The van der Waals surface area contributed by atoms with Gasteiger partial charge in [-0.15, -0.1) is 11.3 Å². The number of phenols is 1. The zero-order valence-corrected chi connectivity index (χ0v) is 18.1. The van der Waals surface area contributed by atoms with Gasteiger partial charge in [0.2, 0.25) is 10.9 Å². The molecule has 3 aromatic carbocycles. The fourth-order valence-electron chi connectivity index (χ4n) is 3.11. The predicted octanol–water partition coefficient (Wildman–Crippen LogP) is 5.18. The smallest absolute Gasteiger partial charge is 0.255 e. The van der Waals surface area contributed by atoms with E-state index in [0.717, 1.165) is 26.9 Å². The Bertz CT molecular complexity index is 1310. The van der Waals surface area contributed by atoms with Crippen LogP contribution in [0.2, 0.25) is 0 Å². The minimum absolute atomic E-state index is 0.0708. The van der Waals surface area contributed by atoms with Gasteiger partial charge >= 0.3 is 0 Å². The summed E-state index contributed by atoms with van der Waals surface area (Å²) in [4.78, 5) is 13.8. The first kappa shape index (κ1) is 21.5. The second-order valence-electron chi connectivity index (χ2n) is 6.74. The van der Waals surface area contributed by atoms with Crippen molar-refractivity contribution < 1.29 is 22.7 Å². The van der Waals surface area contributed by atoms with Gasteiger partial charge in [-0.3, -0.25) is 4.79 Å². The molecule has 1 heterocycles. The number of halogens is 1. The Balaban J connectivity index is 1.59. The van der Waals surface area contributed by atoms with Crippen LogP contribution in [0.25, 0.3) is 10.4 Å². The summed E-state index contributed by atoms with van der Waals surface area (Å²) in [6, 6.07) is 19.9. The molecular formula is C23H17FN2O4S2. The zero-order chi connectivity index (χ0) is 22.7. The molecule has 32 heavy (non-hydrogen) atoms. The predicted molar refractivity (Wildman–Crippen MR) is 125 cm³/mol. The van der Waals surface area contributed by atoms with Crippen LogP contribution in [0, 0.1) is 5.82 Å². The van der Waals surface area contributed by atoms with E-state index in [-0.39, 0.29) is 28.7 Å². The van der Waals surface area contributed by atoms with E-state index in [4.69, 9.17) is 0 Å². The summed E-state index contributed by atoms with van der Waals surface area (Å²) >= 11 is 1.60. The Morgan fingerprint density at radius 1 is 0.969 bits per heavy atom. The molecule has 0 spiro atoms. The Hall–Kier alpha value is -3.69. The van der Waals surface area contributed by atoms with Crippen LogP contribution in [0.5, 0.6) is 5.75 Å². The number of aromatic hydroxyl groups is 1. The molecule has 2 N–H and O–H groups in total. The van der Waals surface area contributed by atoms with Gasteiger partial charge in [0.05, 0.1) is 5.69 Å². The molecular weight excluding hydrogens is 451 g/mol. The lowest BCUT2D eigenvalue weighted by atomic mass is 10.1. The molecule has 0 saturated carbocycles. The van der Waals surface area contributed by atoms with Gasteiger partial charge in [-0.05, 0) is 71.6 Å². The Labute approximate surface area is 189 Å². The van der Waals surface area contributed by atoms with E-state index in [2.05, 4.69) is 5.32 Å². The average molecular weight is 469 g/mol. The molecule has 0 aliphatic carbocycles. The molecule has 0 fully saturated rings. The van der Waals surface area contributed by atoms with Crippen molar-refractivity contribution in [3.63, 3.8) is 0 Å². The number of carbonyl (C=O) groups is 1. The SMILES string of the molecule is O=C(Nc1ccc(O)c(N(c2ccc(F)cc2)[SH](=O)=O)c1)c1ccc(-c2cccs2)cc1. The lowest BCUT2D eigenvalue weighted by Crippen LogP contribution is -2.16. The molecule has 4 rings (SSSR count). The maximum absolute atomic E-state index is 13.2. The quantitative estimate of drug-likeness (QED) is 0.269. The summed E-state index contributed by atoms with van der Waals surface area (Å²) in [7, 11) is -3.20. The lowest BCUT2D eigenvalue weighted by Gasteiger charge is -2.20. The summed E-state index contributed by atoms with van der Waals surface area (Å²) in [6.45, 7) is 0. The third-order valence-corrected chi connectivity index (χ3v) is 6.34.